The lowest BCUT2D eigenvalue weighted by molar-refractivity contribution is 0.305. The van der Waals surface area contributed by atoms with Crippen LogP contribution in [-0.4, -0.2) is 11.3 Å². The van der Waals surface area contributed by atoms with Crippen LogP contribution in [-0.2, 0) is 0 Å². The van der Waals surface area contributed by atoms with Gasteiger partial charge in [0.15, 0.2) is 0 Å². The van der Waals surface area contributed by atoms with Crippen LogP contribution >= 0.6 is 40.2 Å². The highest BCUT2D eigenvalue weighted by molar-refractivity contribution is 9.10. The molecule has 0 saturated heterocycles. The molecule has 0 bridgehead atoms. The molecule has 16 heavy (non-hydrogen) atoms. The standard InChI is InChI=1S/C12H16BrClOS/c13-10-5-7-11(8-6-10)15-9-3-1-2-4-12(14)16/h5-8,12,16H,1-4,9H2. The highest BCUT2D eigenvalue weighted by Crippen LogP contribution is 2.17. The van der Waals surface area contributed by atoms with Gasteiger partial charge in [-0.2, -0.15) is 12.6 Å². The summed E-state index contributed by atoms with van der Waals surface area (Å²) in [5, 5.41) is 0. The Bertz CT molecular complexity index is 290. The molecule has 0 aliphatic rings. The van der Waals surface area contributed by atoms with Crippen molar-refractivity contribution in [2.24, 2.45) is 0 Å². The summed E-state index contributed by atoms with van der Waals surface area (Å²) in [7, 11) is 0. The van der Waals surface area contributed by atoms with Gasteiger partial charge < -0.3 is 4.74 Å². The molecule has 0 aliphatic carbocycles. The molecule has 4 heteroatoms. The van der Waals surface area contributed by atoms with E-state index in [9.17, 15) is 0 Å². The zero-order valence-electron chi connectivity index (χ0n) is 9.03. The maximum Gasteiger partial charge on any atom is 0.119 e. The van der Waals surface area contributed by atoms with Crippen molar-refractivity contribution in [1.82, 2.24) is 0 Å². The Morgan fingerprint density at radius 2 is 1.88 bits per heavy atom. The number of unbranched alkanes of at least 4 members (excludes halogenated alkanes) is 2. The molecule has 0 amide bonds. The maximum absolute atomic E-state index is 5.73. The minimum absolute atomic E-state index is 0.00704. The first kappa shape index (κ1) is 14.2. The third-order valence-electron chi connectivity index (χ3n) is 2.17. The molecule has 90 valence electrons. The van der Waals surface area contributed by atoms with Crippen molar-refractivity contribution in [3.63, 3.8) is 0 Å². The Balaban J connectivity index is 2.05. The van der Waals surface area contributed by atoms with Crippen LogP contribution < -0.4 is 4.74 Å². The Kier molecular flexibility index (Phi) is 7.33. The van der Waals surface area contributed by atoms with Gasteiger partial charge in [0.25, 0.3) is 0 Å². The quantitative estimate of drug-likeness (QED) is 0.427. The number of hydrogen-bond donors (Lipinski definition) is 1. The Hall–Kier alpha value is 0.140. The first-order valence-electron chi connectivity index (χ1n) is 5.39. The van der Waals surface area contributed by atoms with Gasteiger partial charge in [-0.1, -0.05) is 22.4 Å². The lowest BCUT2D eigenvalue weighted by Crippen LogP contribution is -1.97. The zero-order valence-corrected chi connectivity index (χ0v) is 12.3. The van der Waals surface area contributed by atoms with Crippen LogP contribution in [0.25, 0.3) is 0 Å². The summed E-state index contributed by atoms with van der Waals surface area (Å²) in [6.45, 7) is 0.765. The fraction of sp³-hybridized carbons (Fsp3) is 0.500. The van der Waals surface area contributed by atoms with Gasteiger partial charge in [-0.15, -0.1) is 11.6 Å². The minimum atomic E-state index is -0.00704. The van der Waals surface area contributed by atoms with E-state index in [1.165, 1.54) is 0 Å². The van der Waals surface area contributed by atoms with Crippen LogP contribution in [0.15, 0.2) is 28.7 Å². The van der Waals surface area contributed by atoms with Crippen molar-refractivity contribution in [2.45, 2.75) is 30.4 Å². The van der Waals surface area contributed by atoms with E-state index >= 15 is 0 Å². The van der Waals surface area contributed by atoms with Crippen LogP contribution in [0.4, 0.5) is 0 Å². The van der Waals surface area contributed by atoms with Crippen LogP contribution in [0.1, 0.15) is 25.7 Å². The monoisotopic (exact) mass is 322 g/mol. The molecule has 0 aliphatic heterocycles. The topological polar surface area (TPSA) is 9.23 Å². The summed E-state index contributed by atoms with van der Waals surface area (Å²) < 4.78 is 6.66. The van der Waals surface area contributed by atoms with Crippen molar-refractivity contribution in [3.8, 4) is 5.75 Å². The van der Waals surface area contributed by atoms with E-state index in [1.807, 2.05) is 24.3 Å². The Labute approximate surface area is 116 Å². The van der Waals surface area contributed by atoms with E-state index in [-0.39, 0.29) is 4.71 Å². The van der Waals surface area contributed by atoms with Gasteiger partial charge in [0.1, 0.15) is 5.75 Å². The number of benzene rings is 1. The molecule has 1 aromatic carbocycles. The average molecular weight is 324 g/mol. The largest absolute Gasteiger partial charge is 0.494 e. The highest BCUT2D eigenvalue weighted by atomic mass is 79.9. The number of ether oxygens (including phenoxy) is 1. The van der Waals surface area contributed by atoms with Crippen molar-refractivity contribution in [3.05, 3.63) is 28.7 Å². The van der Waals surface area contributed by atoms with Gasteiger partial charge in [-0.3, -0.25) is 0 Å². The Morgan fingerprint density at radius 3 is 2.50 bits per heavy atom. The van der Waals surface area contributed by atoms with Crippen LogP contribution in [0, 0.1) is 0 Å². The molecule has 0 aromatic heterocycles. The molecule has 1 aromatic rings. The number of thiol groups is 1. The van der Waals surface area contributed by atoms with E-state index in [2.05, 4.69) is 28.6 Å². The highest BCUT2D eigenvalue weighted by Gasteiger charge is 1.97. The summed E-state index contributed by atoms with van der Waals surface area (Å²) >= 11 is 13.2. The Morgan fingerprint density at radius 1 is 1.19 bits per heavy atom. The fourth-order valence-corrected chi connectivity index (χ4v) is 1.91. The van der Waals surface area contributed by atoms with E-state index in [0.717, 1.165) is 42.5 Å². The van der Waals surface area contributed by atoms with Gasteiger partial charge >= 0.3 is 0 Å². The third-order valence-corrected chi connectivity index (χ3v) is 3.17. The third kappa shape index (κ3) is 6.66. The van der Waals surface area contributed by atoms with Gasteiger partial charge in [-0.25, -0.2) is 0 Å². The predicted molar refractivity (Wildman–Crippen MR) is 76.7 cm³/mol. The molecule has 0 heterocycles. The van der Waals surface area contributed by atoms with E-state index in [0.29, 0.717) is 0 Å². The first-order valence-corrected chi connectivity index (χ1v) is 7.13. The second-order valence-electron chi connectivity index (χ2n) is 3.59. The number of hydrogen-bond acceptors (Lipinski definition) is 2. The van der Waals surface area contributed by atoms with Gasteiger partial charge in [0.05, 0.1) is 11.3 Å². The first-order chi connectivity index (χ1) is 7.68. The second kappa shape index (κ2) is 8.26. The van der Waals surface area contributed by atoms with Gasteiger partial charge in [0.2, 0.25) is 0 Å². The summed E-state index contributed by atoms with van der Waals surface area (Å²) in [5.41, 5.74) is 0. The summed E-state index contributed by atoms with van der Waals surface area (Å²) in [6.07, 6.45) is 4.28. The summed E-state index contributed by atoms with van der Waals surface area (Å²) in [4.78, 5) is 0. The van der Waals surface area contributed by atoms with Crippen molar-refractivity contribution in [1.29, 1.82) is 0 Å². The molecule has 1 unspecified atom stereocenters. The number of halogens is 2. The van der Waals surface area contributed by atoms with Crippen LogP contribution in [0.5, 0.6) is 5.75 Å². The number of alkyl halides is 1. The molecule has 0 fully saturated rings. The molecular formula is C12H16BrClOS. The fourth-order valence-electron chi connectivity index (χ4n) is 1.31. The normalized spacial score (nSPS) is 12.4. The lowest BCUT2D eigenvalue weighted by atomic mass is 10.2. The zero-order chi connectivity index (χ0) is 11.8. The molecule has 0 spiro atoms. The minimum Gasteiger partial charge on any atom is -0.494 e. The predicted octanol–water partition coefficient (Wildman–Crippen LogP) is 4.88. The molecule has 0 N–H and O–H groups in total. The van der Waals surface area contributed by atoms with E-state index in [1.54, 1.807) is 0 Å². The average Bonchev–Trinajstić information content (AvgIpc) is 2.25. The van der Waals surface area contributed by atoms with Crippen LogP contribution in [0.2, 0.25) is 0 Å². The van der Waals surface area contributed by atoms with Crippen LogP contribution in [0.3, 0.4) is 0 Å². The molecule has 0 radical (unpaired) electrons. The van der Waals surface area contributed by atoms with E-state index < -0.39 is 0 Å². The molecule has 1 atom stereocenters. The van der Waals surface area contributed by atoms with Crippen molar-refractivity contribution < 1.29 is 4.74 Å². The summed E-state index contributed by atoms with van der Waals surface area (Å²) in [6, 6.07) is 7.89. The SMILES string of the molecule is SC(Cl)CCCCCOc1ccc(Br)cc1. The van der Waals surface area contributed by atoms with Gasteiger partial charge in [-0.05, 0) is 43.5 Å². The van der Waals surface area contributed by atoms with E-state index in [4.69, 9.17) is 16.3 Å². The summed E-state index contributed by atoms with van der Waals surface area (Å²) in [5.74, 6) is 0.924. The second-order valence-corrected chi connectivity index (χ2v) is 5.96. The molecule has 0 saturated carbocycles. The molecular weight excluding hydrogens is 308 g/mol. The van der Waals surface area contributed by atoms with Gasteiger partial charge in [0, 0.05) is 4.47 Å². The van der Waals surface area contributed by atoms with Crippen molar-refractivity contribution >= 4 is 40.2 Å². The smallest absolute Gasteiger partial charge is 0.119 e. The van der Waals surface area contributed by atoms with Crippen molar-refractivity contribution in [2.75, 3.05) is 6.61 Å². The number of rotatable bonds is 7. The lowest BCUT2D eigenvalue weighted by Gasteiger charge is -2.06. The maximum atomic E-state index is 5.73. The molecule has 1 rings (SSSR count). The molecule has 1 nitrogen and oxygen atoms in total.